The Morgan fingerprint density at radius 2 is 1.90 bits per heavy atom. The van der Waals surface area contributed by atoms with Crippen molar-refractivity contribution in [1.82, 2.24) is 24.7 Å². The SMILES string of the molecule is CC(C)(C)c1cc(NC(=O)Nc2ccc(C#Cc3cnn4cc(OCCN5CCOCC5)cnc34)cc2)no1. The average molecular weight is 530 g/mol. The molecule has 1 fully saturated rings. The van der Waals surface area contributed by atoms with Gasteiger partial charge in [-0.05, 0) is 24.3 Å². The van der Waals surface area contributed by atoms with Gasteiger partial charge in [0.2, 0.25) is 0 Å². The minimum Gasteiger partial charge on any atom is -0.489 e. The largest absolute Gasteiger partial charge is 0.489 e. The van der Waals surface area contributed by atoms with Crippen molar-refractivity contribution in [2.45, 2.75) is 26.2 Å². The lowest BCUT2D eigenvalue weighted by atomic mass is 9.93. The molecular weight excluding hydrogens is 498 g/mol. The number of nitrogens with one attached hydrogen (secondary N) is 2. The molecule has 3 aromatic heterocycles. The molecule has 5 rings (SSSR count). The first kappa shape index (κ1) is 26.2. The Morgan fingerprint density at radius 1 is 1.10 bits per heavy atom. The summed E-state index contributed by atoms with van der Waals surface area (Å²) in [7, 11) is 0. The van der Waals surface area contributed by atoms with Crippen LogP contribution in [0.25, 0.3) is 5.65 Å². The number of rotatable bonds is 6. The summed E-state index contributed by atoms with van der Waals surface area (Å²) in [5.41, 5.74) is 2.57. The Balaban J connectivity index is 1.15. The molecule has 1 aliphatic heterocycles. The van der Waals surface area contributed by atoms with Crippen molar-refractivity contribution in [3.63, 3.8) is 0 Å². The third-order valence-electron chi connectivity index (χ3n) is 6.09. The number of nitrogens with zero attached hydrogens (tertiary/aromatic N) is 5. The fraction of sp³-hybridized carbons (Fsp3) is 0.357. The molecular formula is C28H31N7O4. The van der Waals surface area contributed by atoms with E-state index in [1.807, 2.05) is 32.9 Å². The fourth-order valence-electron chi connectivity index (χ4n) is 3.88. The van der Waals surface area contributed by atoms with Gasteiger partial charge in [0.05, 0.1) is 37.4 Å². The van der Waals surface area contributed by atoms with Gasteiger partial charge in [0.15, 0.2) is 17.2 Å². The van der Waals surface area contributed by atoms with Crippen LogP contribution in [-0.4, -0.2) is 70.1 Å². The van der Waals surface area contributed by atoms with Crippen molar-refractivity contribution >= 4 is 23.2 Å². The molecule has 4 heterocycles. The van der Waals surface area contributed by atoms with Gasteiger partial charge in [-0.3, -0.25) is 10.2 Å². The second kappa shape index (κ2) is 11.6. The maximum Gasteiger partial charge on any atom is 0.324 e. The quantitative estimate of drug-likeness (QED) is 0.363. The summed E-state index contributed by atoms with van der Waals surface area (Å²) in [6.45, 7) is 10.8. The van der Waals surface area contributed by atoms with E-state index in [1.54, 1.807) is 41.3 Å². The van der Waals surface area contributed by atoms with Crippen LogP contribution in [-0.2, 0) is 10.2 Å². The molecule has 11 nitrogen and oxygen atoms in total. The lowest BCUT2D eigenvalue weighted by Crippen LogP contribution is -2.38. The first-order valence-electron chi connectivity index (χ1n) is 12.8. The van der Waals surface area contributed by atoms with E-state index in [-0.39, 0.29) is 5.41 Å². The van der Waals surface area contributed by atoms with E-state index >= 15 is 0 Å². The Hall–Kier alpha value is -4.40. The molecule has 1 aromatic carbocycles. The van der Waals surface area contributed by atoms with Gasteiger partial charge in [0, 0.05) is 42.4 Å². The molecule has 0 unspecified atom stereocenters. The first-order valence-corrected chi connectivity index (χ1v) is 12.8. The molecule has 0 spiro atoms. The van der Waals surface area contributed by atoms with E-state index in [9.17, 15) is 4.79 Å². The molecule has 1 saturated heterocycles. The predicted octanol–water partition coefficient (Wildman–Crippen LogP) is 3.77. The normalized spacial score (nSPS) is 14.0. The van der Waals surface area contributed by atoms with Crippen LogP contribution in [0.3, 0.4) is 0 Å². The second-order valence-corrected chi connectivity index (χ2v) is 10.2. The second-order valence-electron chi connectivity index (χ2n) is 10.2. The molecule has 0 bridgehead atoms. The zero-order valence-electron chi connectivity index (χ0n) is 22.2. The Morgan fingerprint density at radius 3 is 2.64 bits per heavy atom. The van der Waals surface area contributed by atoms with E-state index in [2.05, 4.69) is 42.6 Å². The number of hydrogen-bond acceptors (Lipinski definition) is 8. The average Bonchev–Trinajstić information content (AvgIpc) is 3.56. The van der Waals surface area contributed by atoms with Crippen molar-refractivity contribution in [3.8, 4) is 17.6 Å². The summed E-state index contributed by atoms with van der Waals surface area (Å²) in [4.78, 5) is 19.1. The highest BCUT2D eigenvalue weighted by Gasteiger charge is 2.20. The topological polar surface area (TPSA) is 119 Å². The van der Waals surface area contributed by atoms with Gasteiger partial charge in [-0.15, -0.1) is 0 Å². The standard InChI is InChI=1S/C28H31N7O4/c1-28(2,3)24-16-25(33-39-24)32-27(36)31-22-8-5-20(6-9-22)4-7-21-17-30-35-19-23(18-29-26(21)35)38-15-12-34-10-13-37-14-11-34/h5-6,8-9,16-19H,10-15H2,1-3H3,(H2,31,32,33,36). The van der Waals surface area contributed by atoms with E-state index < -0.39 is 6.03 Å². The number of morpholine rings is 1. The molecule has 0 saturated carbocycles. The number of fused-ring (bicyclic) bond motifs is 1. The highest BCUT2D eigenvalue weighted by molar-refractivity contribution is 5.99. The molecule has 0 atom stereocenters. The van der Waals surface area contributed by atoms with E-state index in [1.165, 1.54) is 0 Å². The van der Waals surface area contributed by atoms with Crippen LogP contribution in [0.15, 0.2) is 53.4 Å². The molecule has 202 valence electrons. The highest BCUT2D eigenvalue weighted by atomic mass is 16.5. The lowest BCUT2D eigenvalue weighted by Gasteiger charge is -2.26. The van der Waals surface area contributed by atoms with Crippen LogP contribution < -0.4 is 15.4 Å². The summed E-state index contributed by atoms with van der Waals surface area (Å²) < 4.78 is 18.2. The summed E-state index contributed by atoms with van der Waals surface area (Å²) in [5.74, 6) is 7.95. The first-order chi connectivity index (χ1) is 18.8. The van der Waals surface area contributed by atoms with Crippen LogP contribution >= 0.6 is 0 Å². The molecule has 0 radical (unpaired) electrons. The van der Waals surface area contributed by atoms with Crippen molar-refractivity contribution in [2.75, 3.05) is 50.1 Å². The number of hydrogen-bond donors (Lipinski definition) is 2. The number of benzene rings is 1. The number of carbonyl (C=O) groups excluding carboxylic acids is 1. The van der Waals surface area contributed by atoms with Gasteiger partial charge in [0.25, 0.3) is 0 Å². The van der Waals surface area contributed by atoms with Crippen LogP contribution in [0, 0.1) is 11.8 Å². The molecule has 0 aliphatic carbocycles. The third kappa shape index (κ3) is 6.93. The van der Waals surface area contributed by atoms with Crippen LogP contribution in [0.2, 0.25) is 0 Å². The fourth-order valence-corrected chi connectivity index (χ4v) is 3.88. The van der Waals surface area contributed by atoms with Gasteiger partial charge in [0.1, 0.15) is 12.4 Å². The van der Waals surface area contributed by atoms with Crippen LogP contribution in [0.1, 0.15) is 37.7 Å². The van der Waals surface area contributed by atoms with Crippen molar-refractivity contribution in [1.29, 1.82) is 0 Å². The van der Waals surface area contributed by atoms with Crippen molar-refractivity contribution in [2.24, 2.45) is 0 Å². The maximum absolute atomic E-state index is 12.3. The van der Waals surface area contributed by atoms with Gasteiger partial charge >= 0.3 is 6.03 Å². The van der Waals surface area contributed by atoms with E-state index in [4.69, 9.17) is 14.0 Å². The van der Waals surface area contributed by atoms with Crippen LogP contribution in [0.4, 0.5) is 16.3 Å². The van der Waals surface area contributed by atoms with Crippen molar-refractivity contribution < 1.29 is 18.8 Å². The van der Waals surface area contributed by atoms with Gasteiger partial charge in [-0.25, -0.2) is 14.3 Å². The molecule has 1 aliphatic rings. The van der Waals surface area contributed by atoms with Crippen LogP contribution in [0.5, 0.6) is 5.75 Å². The number of anilines is 2. The molecule has 11 heteroatoms. The van der Waals surface area contributed by atoms with E-state index in [0.29, 0.717) is 40.8 Å². The van der Waals surface area contributed by atoms with Gasteiger partial charge in [-0.2, -0.15) is 5.10 Å². The number of urea groups is 1. The Bertz CT molecular complexity index is 1490. The monoisotopic (exact) mass is 529 g/mol. The summed E-state index contributed by atoms with van der Waals surface area (Å²) in [5, 5.41) is 13.7. The maximum atomic E-state index is 12.3. The minimum absolute atomic E-state index is 0.194. The predicted molar refractivity (Wildman–Crippen MR) is 146 cm³/mol. The Labute approximate surface area is 226 Å². The summed E-state index contributed by atoms with van der Waals surface area (Å²) in [6, 6.07) is 8.52. The zero-order valence-corrected chi connectivity index (χ0v) is 22.2. The van der Waals surface area contributed by atoms with E-state index in [0.717, 1.165) is 38.4 Å². The molecule has 39 heavy (non-hydrogen) atoms. The minimum atomic E-state index is -0.413. The van der Waals surface area contributed by atoms with Crippen molar-refractivity contribution in [3.05, 3.63) is 65.8 Å². The summed E-state index contributed by atoms with van der Waals surface area (Å²) >= 11 is 0. The van der Waals surface area contributed by atoms with Gasteiger partial charge < -0.3 is 19.3 Å². The summed E-state index contributed by atoms with van der Waals surface area (Å²) in [6.07, 6.45) is 5.18. The zero-order chi connectivity index (χ0) is 27.2. The smallest absolute Gasteiger partial charge is 0.324 e. The molecule has 4 aromatic rings. The number of amides is 2. The molecule has 2 amide bonds. The third-order valence-corrected chi connectivity index (χ3v) is 6.09. The molecule has 2 N–H and O–H groups in total. The lowest BCUT2D eigenvalue weighted by molar-refractivity contribution is 0.0322. The Kier molecular flexibility index (Phi) is 7.76. The highest BCUT2D eigenvalue weighted by Crippen LogP contribution is 2.24. The number of carbonyl (C=O) groups is 1. The van der Waals surface area contributed by atoms with Gasteiger partial charge in [-0.1, -0.05) is 37.8 Å². The number of ether oxygens (including phenoxy) is 2. The number of aromatic nitrogens is 4.